The van der Waals surface area contributed by atoms with Gasteiger partial charge >= 0.3 is 0 Å². The Morgan fingerprint density at radius 2 is 1.55 bits per heavy atom. The van der Waals surface area contributed by atoms with Gasteiger partial charge in [-0.15, -0.1) is 0 Å². The van der Waals surface area contributed by atoms with Crippen molar-refractivity contribution < 1.29 is 27.1 Å². The van der Waals surface area contributed by atoms with Gasteiger partial charge in [0.15, 0.2) is 0 Å². The molecule has 0 spiro atoms. The molecule has 12 heteroatoms. The maximum absolute atomic E-state index is 14.0. The van der Waals surface area contributed by atoms with E-state index in [9.17, 15) is 22.4 Å². The van der Waals surface area contributed by atoms with Gasteiger partial charge in [-0.25, -0.2) is 12.8 Å². The second-order valence-electron chi connectivity index (χ2n) is 9.61. The van der Waals surface area contributed by atoms with Gasteiger partial charge in [-0.05, 0) is 87.9 Å². The van der Waals surface area contributed by atoms with Gasteiger partial charge in [-0.2, -0.15) is 0 Å². The van der Waals surface area contributed by atoms with Crippen LogP contribution in [0, 0.1) is 5.82 Å². The zero-order chi connectivity index (χ0) is 31.0. The third kappa shape index (κ3) is 8.14. The van der Waals surface area contributed by atoms with Crippen LogP contribution in [0.5, 0.6) is 5.75 Å². The van der Waals surface area contributed by atoms with Gasteiger partial charge in [-0.1, -0.05) is 36.2 Å². The number of benzene rings is 3. The van der Waals surface area contributed by atoms with E-state index in [1.807, 2.05) is 13.8 Å². The van der Waals surface area contributed by atoms with Crippen molar-refractivity contribution in [2.75, 3.05) is 17.5 Å². The Kier molecular flexibility index (Phi) is 11.6. The Bertz CT molecular complexity index is 1470. The van der Waals surface area contributed by atoms with Crippen LogP contribution in [0.15, 0.2) is 71.6 Å². The zero-order valence-corrected chi connectivity index (χ0v) is 26.1. The first kappa shape index (κ1) is 33.2. The first-order chi connectivity index (χ1) is 19.9. The number of sulfonamides is 1. The highest BCUT2D eigenvalue weighted by Crippen LogP contribution is 2.29. The zero-order valence-electron chi connectivity index (χ0n) is 23.8. The molecular weight excluding hydrogens is 604 g/mol. The van der Waals surface area contributed by atoms with Crippen LogP contribution in [-0.4, -0.2) is 50.4 Å². The van der Waals surface area contributed by atoms with E-state index in [0.29, 0.717) is 24.3 Å². The molecule has 0 aliphatic heterocycles. The Morgan fingerprint density at radius 1 is 0.952 bits per heavy atom. The van der Waals surface area contributed by atoms with Crippen molar-refractivity contribution in [1.82, 2.24) is 10.2 Å². The smallest absolute Gasteiger partial charge is 0.264 e. The molecule has 0 aliphatic carbocycles. The summed E-state index contributed by atoms with van der Waals surface area (Å²) in [6, 6.07) is 14.2. The van der Waals surface area contributed by atoms with Crippen molar-refractivity contribution in [3.05, 3.63) is 88.2 Å². The van der Waals surface area contributed by atoms with Crippen LogP contribution in [0.25, 0.3) is 0 Å². The number of carbonyl (C=O) groups excluding carboxylic acids is 2. The average Bonchev–Trinajstić information content (AvgIpc) is 2.96. The van der Waals surface area contributed by atoms with Gasteiger partial charge < -0.3 is 15.0 Å². The normalized spacial score (nSPS) is 12.7. The Hall–Kier alpha value is -3.34. The Balaban J connectivity index is 2.05. The van der Waals surface area contributed by atoms with Gasteiger partial charge in [0.2, 0.25) is 11.8 Å². The summed E-state index contributed by atoms with van der Waals surface area (Å²) in [5.74, 6) is -1.22. The lowest BCUT2D eigenvalue weighted by molar-refractivity contribution is -0.139. The number of nitrogens with zero attached hydrogens (tertiary/aromatic N) is 2. The molecule has 0 radical (unpaired) electrons. The summed E-state index contributed by atoms with van der Waals surface area (Å²) < 4.78 is 47.9. The summed E-state index contributed by atoms with van der Waals surface area (Å²) in [6.45, 7) is 6.64. The summed E-state index contributed by atoms with van der Waals surface area (Å²) in [5, 5.41) is 3.43. The number of anilines is 1. The number of rotatable bonds is 13. The Morgan fingerprint density at radius 3 is 2.10 bits per heavy atom. The van der Waals surface area contributed by atoms with E-state index in [-0.39, 0.29) is 33.2 Å². The minimum atomic E-state index is -4.33. The van der Waals surface area contributed by atoms with E-state index in [1.54, 1.807) is 32.0 Å². The molecule has 0 aliphatic rings. The fourth-order valence-corrected chi connectivity index (χ4v) is 5.97. The summed E-state index contributed by atoms with van der Waals surface area (Å²) in [7, 11) is -4.33. The predicted octanol–water partition coefficient (Wildman–Crippen LogP) is 6.06. The van der Waals surface area contributed by atoms with Gasteiger partial charge in [-0.3, -0.25) is 13.9 Å². The molecule has 0 unspecified atom stereocenters. The maximum Gasteiger partial charge on any atom is 0.264 e. The summed E-state index contributed by atoms with van der Waals surface area (Å²) in [6.07, 6.45) is 0.668. The molecular formula is C30H34Cl2FN3O5S. The molecule has 3 rings (SSSR count). The summed E-state index contributed by atoms with van der Waals surface area (Å²) in [4.78, 5) is 28.3. The standard InChI is InChI=1S/C30H34Cl2FN3O5S/c1-5-20(3)34-30(38)21(4)35(18-26-27(31)8-7-9-28(26)32)29(37)19-36(23-12-10-22(33)11-13-23)42(39,40)25-16-14-24(15-17-25)41-6-2/h7-17,20-21H,5-6,18-19H2,1-4H3,(H,34,38)/t20-,21-/m1/s1. The monoisotopic (exact) mass is 637 g/mol. The number of hydrogen-bond donors (Lipinski definition) is 1. The van der Waals surface area contributed by atoms with Gasteiger partial charge in [0.1, 0.15) is 24.2 Å². The van der Waals surface area contributed by atoms with Gasteiger partial charge in [0, 0.05) is 28.2 Å². The van der Waals surface area contributed by atoms with Crippen molar-refractivity contribution in [3.63, 3.8) is 0 Å². The number of amides is 2. The molecule has 8 nitrogen and oxygen atoms in total. The summed E-state index contributed by atoms with van der Waals surface area (Å²) in [5.41, 5.74) is 0.464. The van der Waals surface area contributed by atoms with Crippen molar-refractivity contribution in [2.45, 2.75) is 57.6 Å². The fraction of sp³-hybridized carbons (Fsp3) is 0.333. The third-order valence-corrected chi connectivity index (χ3v) is 9.17. The van der Waals surface area contributed by atoms with E-state index >= 15 is 0 Å². The maximum atomic E-state index is 14.0. The minimum Gasteiger partial charge on any atom is -0.494 e. The minimum absolute atomic E-state index is 0.0612. The number of ether oxygens (including phenoxy) is 1. The second kappa shape index (κ2) is 14.7. The van der Waals surface area contributed by atoms with Crippen molar-refractivity contribution in [1.29, 1.82) is 0 Å². The first-order valence-corrected chi connectivity index (χ1v) is 15.6. The van der Waals surface area contributed by atoms with Crippen LogP contribution >= 0.6 is 23.2 Å². The van der Waals surface area contributed by atoms with E-state index in [2.05, 4.69) is 5.32 Å². The molecule has 0 bridgehead atoms. The molecule has 226 valence electrons. The van der Waals surface area contributed by atoms with Crippen molar-refractivity contribution in [3.8, 4) is 5.75 Å². The first-order valence-electron chi connectivity index (χ1n) is 13.4. The van der Waals surface area contributed by atoms with E-state index in [4.69, 9.17) is 27.9 Å². The Labute approximate surface area is 256 Å². The molecule has 2 amide bonds. The van der Waals surface area contributed by atoms with E-state index in [0.717, 1.165) is 16.4 Å². The molecule has 2 atom stereocenters. The van der Waals surface area contributed by atoms with Gasteiger partial charge in [0.25, 0.3) is 10.0 Å². The topological polar surface area (TPSA) is 96.0 Å². The molecule has 3 aromatic carbocycles. The van der Waals surface area contributed by atoms with E-state index < -0.39 is 40.2 Å². The highest BCUT2D eigenvalue weighted by atomic mass is 35.5. The molecule has 0 saturated carbocycles. The lowest BCUT2D eigenvalue weighted by Gasteiger charge is -2.32. The second-order valence-corrected chi connectivity index (χ2v) is 12.3. The van der Waals surface area contributed by atoms with Crippen molar-refractivity contribution in [2.24, 2.45) is 0 Å². The van der Waals surface area contributed by atoms with Crippen LogP contribution < -0.4 is 14.4 Å². The van der Waals surface area contributed by atoms with Crippen molar-refractivity contribution >= 4 is 50.7 Å². The predicted molar refractivity (Wildman–Crippen MR) is 163 cm³/mol. The molecule has 3 aromatic rings. The van der Waals surface area contributed by atoms with E-state index in [1.165, 1.54) is 41.3 Å². The lowest BCUT2D eigenvalue weighted by atomic mass is 10.1. The highest BCUT2D eigenvalue weighted by Gasteiger charge is 2.33. The van der Waals surface area contributed by atoms with Crippen LogP contribution in [0.4, 0.5) is 10.1 Å². The number of carbonyl (C=O) groups is 2. The van der Waals surface area contributed by atoms with Crippen LogP contribution in [0.1, 0.15) is 39.7 Å². The molecule has 0 fully saturated rings. The number of hydrogen-bond acceptors (Lipinski definition) is 5. The quantitative estimate of drug-likeness (QED) is 0.246. The number of nitrogens with one attached hydrogen (secondary N) is 1. The molecule has 1 N–H and O–H groups in total. The average molecular weight is 639 g/mol. The van der Waals surface area contributed by atoms with Crippen LogP contribution in [-0.2, 0) is 26.2 Å². The molecule has 0 heterocycles. The molecule has 0 saturated heterocycles. The largest absolute Gasteiger partial charge is 0.494 e. The van der Waals surface area contributed by atoms with Crippen LogP contribution in [0.2, 0.25) is 10.0 Å². The third-order valence-electron chi connectivity index (χ3n) is 6.67. The fourth-order valence-electron chi connectivity index (χ4n) is 4.04. The summed E-state index contributed by atoms with van der Waals surface area (Å²) >= 11 is 12.8. The molecule has 42 heavy (non-hydrogen) atoms. The molecule has 0 aromatic heterocycles. The van der Waals surface area contributed by atoms with Gasteiger partial charge in [0.05, 0.1) is 17.2 Å². The van der Waals surface area contributed by atoms with Crippen LogP contribution in [0.3, 0.4) is 0 Å². The lowest BCUT2D eigenvalue weighted by Crippen LogP contribution is -2.52. The SMILES string of the molecule is CCOc1ccc(S(=O)(=O)N(CC(=O)N(Cc2c(Cl)cccc2Cl)[C@H](C)C(=O)N[C@H](C)CC)c2ccc(F)cc2)cc1. The number of halogens is 3. The highest BCUT2D eigenvalue weighted by molar-refractivity contribution is 7.92.